The van der Waals surface area contributed by atoms with Crippen LogP contribution in [0.3, 0.4) is 0 Å². The van der Waals surface area contributed by atoms with E-state index in [1.165, 1.54) is 44.1 Å². The molecule has 0 aromatic heterocycles. The summed E-state index contributed by atoms with van der Waals surface area (Å²) in [6.07, 6.45) is 7.96. The normalized spacial score (nSPS) is 25.5. The van der Waals surface area contributed by atoms with Crippen LogP contribution in [0, 0.1) is 19.8 Å². The molecule has 2 atom stereocenters. The van der Waals surface area contributed by atoms with Crippen molar-refractivity contribution in [2.24, 2.45) is 5.92 Å². The molecule has 3 nitrogen and oxygen atoms in total. The van der Waals surface area contributed by atoms with Crippen molar-refractivity contribution in [3.05, 3.63) is 29.3 Å². The van der Waals surface area contributed by atoms with Crippen LogP contribution >= 0.6 is 0 Å². The van der Waals surface area contributed by atoms with E-state index in [0.717, 1.165) is 23.7 Å². The van der Waals surface area contributed by atoms with Crippen molar-refractivity contribution in [3.8, 4) is 0 Å². The number of nitrogens with zero attached hydrogens (tertiary/aromatic N) is 1. The Labute approximate surface area is 134 Å². The van der Waals surface area contributed by atoms with Crippen LogP contribution in [-0.4, -0.2) is 29.9 Å². The first kappa shape index (κ1) is 15.5. The number of benzene rings is 1. The molecule has 0 spiro atoms. The van der Waals surface area contributed by atoms with E-state index >= 15 is 0 Å². The summed E-state index contributed by atoms with van der Waals surface area (Å²) in [5, 5.41) is 3.10. The largest absolute Gasteiger partial charge is 0.325 e. The van der Waals surface area contributed by atoms with Crippen LogP contribution in [0.5, 0.6) is 0 Å². The lowest BCUT2D eigenvalue weighted by atomic mass is 9.78. The number of carbonyl (C=O) groups is 1. The minimum atomic E-state index is 0.137. The van der Waals surface area contributed by atoms with Crippen LogP contribution in [-0.2, 0) is 4.79 Å². The quantitative estimate of drug-likeness (QED) is 0.918. The lowest BCUT2D eigenvalue weighted by Gasteiger charge is -2.43. The van der Waals surface area contributed by atoms with Gasteiger partial charge in [-0.05, 0) is 63.6 Å². The van der Waals surface area contributed by atoms with Gasteiger partial charge >= 0.3 is 0 Å². The molecule has 1 aromatic carbocycles. The summed E-state index contributed by atoms with van der Waals surface area (Å²) in [4.78, 5) is 14.9. The molecular weight excluding hydrogens is 272 g/mol. The third-order valence-corrected chi connectivity index (χ3v) is 5.36. The highest BCUT2D eigenvalue weighted by molar-refractivity contribution is 5.93. The molecule has 2 aliphatic rings. The molecule has 1 amide bonds. The standard InChI is InChI=1S/C19H28N2O/c1-14-9-10-17(15(2)12-14)20-19(22)13-21-11-5-7-16-6-3-4-8-18(16)21/h9-10,12,16,18H,3-8,11,13H2,1-2H3,(H,20,22)/t16-,18+/m1/s1. The predicted molar refractivity (Wildman–Crippen MR) is 91.1 cm³/mol. The minimum Gasteiger partial charge on any atom is -0.325 e. The van der Waals surface area contributed by atoms with E-state index in [-0.39, 0.29) is 5.91 Å². The fourth-order valence-corrected chi connectivity index (χ4v) is 4.25. The summed E-state index contributed by atoms with van der Waals surface area (Å²) in [5.41, 5.74) is 3.33. The zero-order chi connectivity index (χ0) is 15.5. The van der Waals surface area contributed by atoms with E-state index in [9.17, 15) is 4.79 Å². The third-order valence-electron chi connectivity index (χ3n) is 5.36. The van der Waals surface area contributed by atoms with E-state index in [4.69, 9.17) is 0 Å². The minimum absolute atomic E-state index is 0.137. The third kappa shape index (κ3) is 3.52. The molecule has 120 valence electrons. The van der Waals surface area contributed by atoms with Crippen molar-refractivity contribution in [1.82, 2.24) is 4.90 Å². The molecular formula is C19H28N2O. The predicted octanol–water partition coefficient (Wildman–Crippen LogP) is 3.90. The van der Waals surface area contributed by atoms with Crippen molar-refractivity contribution in [2.75, 3.05) is 18.4 Å². The average Bonchev–Trinajstić information content (AvgIpc) is 2.50. The first-order chi connectivity index (χ1) is 10.6. The number of aryl methyl sites for hydroxylation is 2. The molecule has 2 fully saturated rings. The second-order valence-electron chi connectivity index (χ2n) is 7.09. The van der Waals surface area contributed by atoms with Crippen LogP contribution in [0.1, 0.15) is 49.7 Å². The molecule has 1 heterocycles. The topological polar surface area (TPSA) is 32.3 Å². The van der Waals surface area contributed by atoms with Crippen molar-refractivity contribution >= 4 is 11.6 Å². The lowest BCUT2D eigenvalue weighted by molar-refractivity contribution is -0.118. The number of carbonyl (C=O) groups excluding carboxylic acids is 1. The SMILES string of the molecule is Cc1ccc(NC(=O)CN2CCC[C@H]3CCCC[C@@H]32)c(C)c1. The Bertz CT molecular complexity index is 538. The molecule has 1 N–H and O–H groups in total. The molecule has 1 aliphatic heterocycles. The van der Waals surface area contributed by atoms with Crippen molar-refractivity contribution < 1.29 is 4.79 Å². The van der Waals surface area contributed by atoms with E-state index in [2.05, 4.69) is 36.2 Å². The maximum atomic E-state index is 12.4. The number of anilines is 1. The zero-order valence-electron chi connectivity index (χ0n) is 13.9. The molecule has 3 rings (SSSR count). The lowest BCUT2D eigenvalue weighted by Crippen LogP contribution is -2.49. The average molecular weight is 300 g/mol. The Kier molecular flexibility index (Phi) is 4.82. The maximum Gasteiger partial charge on any atom is 0.238 e. The molecule has 0 bridgehead atoms. The van der Waals surface area contributed by atoms with Gasteiger partial charge in [-0.15, -0.1) is 0 Å². The van der Waals surface area contributed by atoms with E-state index in [0.29, 0.717) is 12.6 Å². The summed E-state index contributed by atoms with van der Waals surface area (Å²) in [6.45, 7) is 5.77. The number of amides is 1. The summed E-state index contributed by atoms with van der Waals surface area (Å²) in [7, 11) is 0. The van der Waals surface area contributed by atoms with Gasteiger partial charge in [0.15, 0.2) is 0 Å². The van der Waals surface area contributed by atoms with Crippen LogP contribution in [0.2, 0.25) is 0 Å². The molecule has 0 radical (unpaired) electrons. The van der Waals surface area contributed by atoms with Gasteiger partial charge in [-0.2, -0.15) is 0 Å². The van der Waals surface area contributed by atoms with E-state index < -0.39 is 0 Å². The summed E-state index contributed by atoms with van der Waals surface area (Å²) in [6, 6.07) is 6.84. The van der Waals surface area contributed by atoms with Crippen LogP contribution < -0.4 is 5.32 Å². The second kappa shape index (κ2) is 6.82. The number of piperidine rings is 1. The van der Waals surface area contributed by atoms with Gasteiger partial charge in [0.25, 0.3) is 0 Å². The fourth-order valence-electron chi connectivity index (χ4n) is 4.25. The molecule has 1 saturated carbocycles. The van der Waals surface area contributed by atoms with Gasteiger partial charge in [0.2, 0.25) is 5.91 Å². The smallest absolute Gasteiger partial charge is 0.238 e. The Morgan fingerprint density at radius 2 is 1.95 bits per heavy atom. The molecule has 0 unspecified atom stereocenters. The van der Waals surface area contributed by atoms with Gasteiger partial charge in [0.05, 0.1) is 6.54 Å². The van der Waals surface area contributed by atoms with E-state index in [1.807, 2.05) is 6.07 Å². The maximum absolute atomic E-state index is 12.4. The first-order valence-electron chi connectivity index (χ1n) is 8.74. The van der Waals surface area contributed by atoms with Crippen molar-refractivity contribution in [1.29, 1.82) is 0 Å². The Balaban J connectivity index is 1.61. The highest BCUT2D eigenvalue weighted by atomic mass is 16.2. The van der Waals surface area contributed by atoms with Gasteiger partial charge in [0, 0.05) is 11.7 Å². The van der Waals surface area contributed by atoms with Gasteiger partial charge in [-0.3, -0.25) is 9.69 Å². The fraction of sp³-hybridized carbons (Fsp3) is 0.632. The summed E-state index contributed by atoms with van der Waals surface area (Å²) >= 11 is 0. The summed E-state index contributed by atoms with van der Waals surface area (Å²) < 4.78 is 0. The zero-order valence-corrected chi connectivity index (χ0v) is 13.9. The van der Waals surface area contributed by atoms with Crippen LogP contribution in [0.15, 0.2) is 18.2 Å². The number of hydrogen-bond acceptors (Lipinski definition) is 2. The number of likely N-dealkylation sites (tertiary alicyclic amines) is 1. The molecule has 22 heavy (non-hydrogen) atoms. The molecule has 1 saturated heterocycles. The first-order valence-corrected chi connectivity index (χ1v) is 8.74. The van der Waals surface area contributed by atoms with Crippen LogP contribution in [0.25, 0.3) is 0 Å². The van der Waals surface area contributed by atoms with Gasteiger partial charge in [0.1, 0.15) is 0 Å². The Morgan fingerprint density at radius 3 is 2.77 bits per heavy atom. The molecule has 1 aliphatic carbocycles. The van der Waals surface area contributed by atoms with Gasteiger partial charge < -0.3 is 5.32 Å². The highest BCUT2D eigenvalue weighted by Gasteiger charge is 2.33. The van der Waals surface area contributed by atoms with Crippen molar-refractivity contribution in [3.63, 3.8) is 0 Å². The van der Waals surface area contributed by atoms with E-state index in [1.54, 1.807) is 0 Å². The van der Waals surface area contributed by atoms with Gasteiger partial charge in [-0.25, -0.2) is 0 Å². The number of hydrogen-bond donors (Lipinski definition) is 1. The van der Waals surface area contributed by atoms with Gasteiger partial charge in [-0.1, -0.05) is 30.5 Å². The number of nitrogens with one attached hydrogen (secondary N) is 1. The molecule has 3 heteroatoms. The highest BCUT2D eigenvalue weighted by Crippen LogP contribution is 2.35. The number of fused-ring (bicyclic) bond motifs is 1. The molecule has 1 aromatic rings. The van der Waals surface area contributed by atoms with Crippen molar-refractivity contribution in [2.45, 2.75) is 58.4 Å². The summed E-state index contributed by atoms with van der Waals surface area (Å²) in [5.74, 6) is 0.967. The number of rotatable bonds is 3. The van der Waals surface area contributed by atoms with Crippen LogP contribution in [0.4, 0.5) is 5.69 Å². The Morgan fingerprint density at radius 1 is 1.18 bits per heavy atom. The Hall–Kier alpha value is -1.35. The second-order valence-corrected chi connectivity index (χ2v) is 7.09. The monoisotopic (exact) mass is 300 g/mol.